The number of carbonyl (C=O) groups is 4. The van der Waals surface area contributed by atoms with Gasteiger partial charge in [-0.1, -0.05) is 88.6 Å². The quantitative estimate of drug-likeness (QED) is 0.101. The molecule has 139 heavy (non-hydrogen) atoms. The van der Waals surface area contributed by atoms with Crippen LogP contribution in [0.1, 0.15) is 164 Å². The van der Waals surface area contributed by atoms with E-state index in [1.807, 2.05) is 53.4 Å². The Balaban J connectivity index is -0.000000142. The van der Waals surface area contributed by atoms with Crippen LogP contribution in [0, 0.1) is 0 Å². The number of piperazine rings is 11. The van der Waals surface area contributed by atoms with E-state index >= 15 is 0 Å². The lowest BCUT2D eigenvalue weighted by Gasteiger charge is -2.36. The van der Waals surface area contributed by atoms with Gasteiger partial charge in [-0.05, 0) is 201 Å². The predicted molar refractivity (Wildman–Crippen MR) is 605 cm³/mol. The molecule has 848 valence electrons. The Labute approximate surface area is 864 Å². The van der Waals surface area contributed by atoms with Gasteiger partial charge >= 0.3 is 24.1 Å². The van der Waals surface area contributed by atoms with Crippen molar-refractivity contribution < 1.29 is 43.6 Å². The second kappa shape index (κ2) is 93.0. The van der Waals surface area contributed by atoms with E-state index in [4.69, 9.17) is 24.4 Å². The van der Waals surface area contributed by atoms with Crippen LogP contribution in [0.15, 0.2) is 0 Å². The molecule has 6 N–H and O–H groups in total. The highest BCUT2D eigenvalue weighted by Crippen LogP contribution is 2.14. The van der Waals surface area contributed by atoms with E-state index in [0.29, 0.717) is 25.8 Å². The standard InChI is InChI=1S/2C10H20N2O2.C9H18N2O2.C7H17N3.C7H14N2O2.C7H16N2O.2C7H16N2.4C6H14N2.C4H10N2.11CH4/c2*1-10(2,3)14-9(13)12-7-5-11(4)6-8-12;1-3-13-9(12)8-11-6-4-10(2)5-7-11;1-8(2)10-6-4-9(3)5-7-10;1-8-2-4-9(5-3-8)6-7(10)11;1-8-2-4-9(5-3-8)6-7-10;1-7-6-8(2)4-5-9(7)3;1-3-9-6-4-8(2)5-7-9;1-7-3-5-8(2)6-4-7;1-6-5-8(2)4-3-7-6;1-6-5-7-3-4-8(6)2;1-8-5-2-3-7-4-6-8;1-6-3-2-5-4-6;;;;;;;;;;;/h2*5-8H2,1-4H3;3-8H2,1-2H3;4-7H2,1-3H3;2-6H2,1H3,(H,10,11);10H,2-7H2,1H3;7H,4-6H2,1-3H3;3-7H2,1-2H3;3-6H2,1-2H3;2*6-7H,3-5H2,1-2H3;7H,2-6H2,1H3;5H,2-4H2,1H3;11*1H4. The molecule has 0 radical (unpaired) electrons. The van der Waals surface area contributed by atoms with Crippen LogP contribution >= 0.6 is 0 Å². The maximum absolute atomic E-state index is 11.6. The molecule has 2 amide bonds. The minimum Gasteiger partial charge on any atom is -0.480 e. The van der Waals surface area contributed by atoms with Gasteiger partial charge in [-0.15, -0.1) is 0 Å². The average molecular weight is 2010 g/mol. The molecule has 3 atom stereocenters. The SMILES string of the molecule is C.C.C.C.C.C.C.C.C.C.C.CC1CN(C)CCN1.CC1CN(C)CCN1C.CC1CNCCN1C.CCN1CCN(C)CC1.CCOC(=O)CN1CCN(C)CC1.CN1CCCNCC1.CN1CCN(C(=O)OC(C)(C)C)CC1.CN1CCN(C(=O)OC(C)(C)C)CC1.CN1CCN(C)CC1.CN1CCN(CC(=O)O)CC1.CN1CCN(CCO)CC1.CN1CCN(N(C)C)CC1.CN1CCNC1. The Morgan fingerprint density at radius 1 is 0.345 bits per heavy atom. The number of aliphatic hydroxyl groups is 1. The van der Waals surface area contributed by atoms with Crippen molar-refractivity contribution in [3.05, 3.63) is 0 Å². The maximum atomic E-state index is 11.6. The van der Waals surface area contributed by atoms with Crippen molar-refractivity contribution in [3.8, 4) is 0 Å². The van der Waals surface area contributed by atoms with Crippen LogP contribution < -0.4 is 21.3 Å². The second-order valence-corrected chi connectivity index (χ2v) is 39.6. The molecule has 36 heteroatoms. The van der Waals surface area contributed by atoms with E-state index in [2.05, 4.69) is 267 Å². The van der Waals surface area contributed by atoms with Crippen molar-refractivity contribution in [3.63, 3.8) is 0 Å². The largest absolute Gasteiger partial charge is 0.480 e. The molecule has 3 unspecified atom stereocenters. The molecule has 0 aromatic rings. The van der Waals surface area contributed by atoms with Crippen LogP contribution in [0.4, 0.5) is 9.59 Å². The minimum atomic E-state index is -0.727. The number of nitrogens with zero attached hydrogens (tertiary/aromatic N) is 23. The Kier molecular flexibility index (Phi) is 106. The van der Waals surface area contributed by atoms with Crippen LogP contribution in [0.25, 0.3) is 0 Å². The zero-order chi connectivity index (χ0) is 96.2. The van der Waals surface area contributed by atoms with E-state index in [0.717, 1.165) is 189 Å². The van der Waals surface area contributed by atoms with Gasteiger partial charge in [-0.2, -0.15) is 0 Å². The van der Waals surface area contributed by atoms with Crippen molar-refractivity contribution in [1.29, 1.82) is 0 Å². The zero-order valence-corrected chi connectivity index (χ0v) is 87.7. The highest BCUT2D eigenvalue weighted by atomic mass is 16.6. The summed E-state index contributed by atoms with van der Waals surface area (Å²) in [5.74, 6) is -0.832. The summed E-state index contributed by atoms with van der Waals surface area (Å²) >= 11 is 0. The van der Waals surface area contributed by atoms with Crippen molar-refractivity contribution >= 4 is 24.1 Å². The van der Waals surface area contributed by atoms with E-state index < -0.39 is 5.97 Å². The molecule has 0 aliphatic carbocycles. The van der Waals surface area contributed by atoms with Gasteiger partial charge in [0, 0.05) is 340 Å². The second-order valence-electron chi connectivity index (χ2n) is 39.6. The lowest BCUT2D eigenvalue weighted by Crippen LogP contribution is -2.49. The Morgan fingerprint density at radius 3 is 0.964 bits per heavy atom. The average Bonchev–Trinajstić information content (AvgIpc) is 1.04. The fourth-order valence-corrected chi connectivity index (χ4v) is 14.6. The molecular weight excluding hydrogens is 1760 g/mol. The summed E-state index contributed by atoms with van der Waals surface area (Å²) in [6, 6.07) is 2.15. The number of nitrogens with one attached hydrogen (secondary N) is 4. The number of hydrogen-bond acceptors (Lipinski definition) is 33. The number of rotatable bonds is 9. The number of carboxylic acid groups (broad SMARTS) is 1. The number of carbonyl (C=O) groups excluding carboxylic acids is 3. The third kappa shape index (κ3) is 87.2. The summed E-state index contributed by atoms with van der Waals surface area (Å²) in [6.07, 6.45) is 0.924. The molecule has 0 bridgehead atoms. The number of hydrazine groups is 1. The molecular formula is C103H247N27O9. The number of hydrogen-bond donors (Lipinski definition) is 6. The summed E-state index contributed by atoms with van der Waals surface area (Å²) < 4.78 is 15.4. The molecule has 13 saturated heterocycles. The fourth-order valence-electron chi connectivity index (χ4n) is 14.6. The molecule has 0 aromatic carbocycles. The van der Waals surface area contributed by atoms with Crippen LogP contribution in [0.2, 0.25) is 0 Å². The maximum Gasteiger partial charge on any atom is 0.410 e. The smallest absolute Gasteiger partial charge is 0.410 e. The third-order valence-electron chi connectivity index (χ3n) is 24.5. The van der Waals surface area contributed by atoms with Crippen molar-refractivity contribution in [2.24, 2.45) is 0 Å². The Bertz CT molecular complexity index is 2580. The number of amides is 2. The predicted octanol–water partition coefficient (Wildman–Crippen LogP) is 6.97. The van der Waals surface area contributed by atoms with Crippen molar-refractivity contribution in [2.75, 3.05) is 473 Å². The van der Waals surface area contributed by atoms with Crippen LogP contribution in [0.5, 0.6) is 0 Å². The van der Waals surface area contributed by atoms with Gasteiger partial charge in [0.15, 0.2) is 0 Å². The number of β-amino-alcohol motifs (C(OH)–C–C–N with tert-alkyl or cyclic N) is 1. The third-order valence-corrected chi connectivity index (χ3v) is 24.5. The summed E-state index contributed by atoms with van der Waals surface area (Å²) in [6.45, 7) is 78.3. The number of ether oxygens (including phenoxy) is 3. The van der Waals surface area contributed by atoms with Crippen molar-refractivity contribution in [1.82, 2.24) is 134 Å². The number of aliphatic hydroxyl groups excluding tert-OH is 1. The van der Waals surface area contributed by atoms with E-state index in [-0.39, 0.29) is 118 Å². The Hall–Kier alpha value is -3.56. The van der Waals surface area contributed by atoms with Gasteiger partial charge in [0.2, 0.25) is 0 Å². The molecule has 0 spiro atoms. The number of carboxylic acids is 1. The topological polar surface area (TPSA) is 259 Å². The molecule has 0 saturated carbocycles. The first-order chi connectivity index (χ1) is 60.4. The van der Waals surface area contributed by atoms with Gasteiger partial charge in [0.25, 0.3) is 0 Å². The summed E-state index contributed by atoms with van der Waals surface area (Å²) in [4.78, 5) is 91.8. The zero-order valence-electron chi connectivity index (χ0n) is 87.7. The van der Waals surface area contributed by atoms with Gasteiger partial charge in [-0.25, -0.2) is 19.6 Å². The first kappa shape index (κ1) is 158. The molecule has 0 aromatic heterocycles. The monoisotopic (exact) mass is 2010 g/mol. The number of esters is 1. The Morgan fingerprint density at radius 2 is 0.669 bits per heavy atom. The van der Waals surface area contributed by atoms with Gasteiger partial charge in [-0.3, -0.25) is 29.2 Å². The minimum absolute atomic E-state index is 0. The van der Waals surface area contributed by atoms with Crippen LogP contribution in [0.3, 0.4) is 0 Å². The summed E-state index contributed by atoms with van der Waals surface area (Å²) in [7, 11) is 36.3. The highest BCUT2D eigenvalue weighted by Gasteiger charge is 2.28. The van der Waals surface area contributed by atoms with Crippen LogP contribution in [-0.2, 0) is 23.8 Å². The van der Waals surface area contributed by atoms with E-state index in [1.54, 1.807) is 9.80 Å². The van der Waals surface area contributed by atoms with Gasteiger partial charge < -0.3 is 129 Å². The van der Waals surface area contributed by atoms with Crippen molar-refractivity contribution in [2.45, 2.75) is 194 Å². The van der Waals surface area contributed by atoms with E-state index in [1.165, 1.54) is 157 Å². The first-order valence-corrected chi connectivity index (χ1v) is 48.8. The number of likely N-dealkylation sites (N-methyl/N-ethyl adjacent to an activating group) is 16. The molecule has 13 heterocycles. The molecule has 13 aliphatic heterocycles. The van der Waals surface area contributed by atoms with E-state index in [9.17, 15) is 19.2 Å². The lowest BCUT2D eigenvalue weighted by atomic mass is 10.2. The fraction of sp³-hybridized carbons (Fsp3) is 0.961. The first-order valence-electron chi connectivity index (χ1n) is 48.8. The lowest BCUT2D eigenvalue weighted by molar-refractivity contribution is -0.145. The normalized spacial score (nSPS) is 22.6. The molecule has 36 nitrogen and oxygen atoms in total. The highest BCUT2D eigenvalue weighted by molar-refractivity contribution is 5.71. The summed E-state index contributed by atoms with van der Waals surface area (Å²) in [5, 5.41) is 34.9. The number of aliphatic carboxylic acids is 1. The molecule has 13 rings (SSSR count). The van der Waals surface area contributed by atoms with Crippen LogP contribution in [-0.4, -0.2) is 650 Å². The van der Waals surface area contributed by atoms with Gasteiger partial charge in [0.1, 0.15) is 11.2 Å². The van der Waals surface area contributed by atoms with Gasteiger partial charge in [0.05, 0.1) is 26.3 Å². The molecule has 13 fully saturated rings. The summed E-state index contributed by atoms with van der Waals surface area (Å²) in [5.41, 5.74) is -0.777. The molecule has 13 aliphatic rings.